The maximum absolute atomic E-state index is 5.86. The molecule has 17 heavy (non-hydrogen) atoms. The number of rotatable bonds is 3. The molecule has 0 unspecified atom stereocenters. The van der Waals surface area contributed by atoms with E-state index in [0.29, 0.717) is 6.54 Å². The van der Waals surface area contributed by atoms with Gasteiger partial charge in [0.2, 0.25) is 0 Å². The summed E-state index contributed by atoms with van der Waals surface area (Å²) in [5, 5.41) is 0.752. The van der Waals surface area contributed by atoms with Gasteiger partial charge in [-0.1, -0.05) is 45.4 Å². The molecule has 2 N–H and O–H groups in total. The summed E-state index contributed by atoms with van der Waals surface area (Å²) in [4.78, 5) is 2.33. The third-order valence-corrected chi connectivity index (χ3v) is 4.14. The Labute approximate surface area is 118 Å². The van der Waals surface area contributed by atoms with Crippen molar-refractivity contribution in [2.24, 2.45) is 5.73 Å². The summed E-state index contributed by atoms with van der Waals surface area (Å²) in [6.45, 7) is 0.545. The molecule has 0 bridgehead atoms. The van der Waals surface area contributed by atoms with Crippen LogP contribution in [0.1, 0.15) is 5.56 Å². The zero-order valence-electron chi connectivity index (χ0n) is 8.99. The predicted octanol–water partition coefficient (Wildman–Crippen LogP) is 4.71. The third-order valence-electron chi connectivity index (χ3n) is 2.29. The molecule has 0 atom stereocenters. The average molecular weight is 329 g/mol. The number of hydrogen-bond donors (Lipinski definition) is 1. The van der Waals surface area contributed by atoms with Gasteiger partial charge in [0.1, 0.15) is 0 Å². The first-order valence-electron chi connectivity index (χ1n) is 5.11. The zero-order valence-corrected chi connectivity index (χ0v) is 12.1. The van der Waals surface area contributed by atoms with Gasteiger partial charge in [0.15, 0.2) is 0 Å². The van der Waals surface area contributed by atoms with Crippen molar-refractivity contribution < 1.29 is 0 Å². The quantitative estimate of drug-likeness (QED) is 0.883. The Hall–Kier alpha value is -0.480. The molecule has 2 aromatic carbocycles. The van der Waals surface area contributed by atoms with Crippen molar-refractivity contribution >= 4 is 39.3 Å². The highest BCUT2D eigenvalue weighted by atomic mass is 79.9. The van der Waals surface area contributed by atoms with Crippen LogP contribution in [0.25, 0.3) is 0 Å². The van der Waals surface area contributed by atoms with Crippen LogP contribution >= 0.6 is 39.3 Å². The van der Waals surface area contributed by atoms with Gasteiger partial charge in [0, 0.05) is 25.8 Å². The molecule has 0 aliphatic carbocycles. The number of nitrogens with two attached hydrogens (primary N) is 1. The zero-order chi connectivity index (χ0) is 12.3. The van der Waals surface area contributed by atoms with Crippen LogP contribution in [-0.4, -0.2) is 0 Å². The van der Waals surface area contributed by atoms with Gasteiger partial charge in [-0.05, 0) is 42.0 Å². The van der Waals surface area contributed by atoms with Crippen LogP contribution in [0.15, 0.2) is 56.7 Å². The normalized spacial score (nSPS) is 10.5. The van der Waals surface area contributed by atoms with Gasteiger partial charge < -0.3 is 5.73 Å². The van der Waals surface area contributed by atoms with Crippen LogP contribution in [0, 0.1) is 0 Å². The third kappa shape index (κ3) is 3.49. The van der Waals surface area contributed by atoms with E-state index < -0.39 is 0 Å². The Kier molecular flexibility index (Phi) is 4.51. The van der Waals surface area contributed by atoms with Gasteiger partial charge in [-0.15, -0.1) is 0 Å². The van der Waals surface area contributed by atoms with E-state index in [1.165, 1.54) is 4.90 Å². The first kappa shape index (κ1) is 13.0. The Morgan fingerprint density at radius 2 is 1.82 bits per heavy atom. The van der Waals surface area contributed by atoms with Gasteiger partial charge in [-0.25, -0.2) is 0 Å². The molecule has 88 valence electrons. The molecule has 0 saturated heterocycles. The highest BCUT2D eigenvalue weighted by molar-refractivity contribution is 9.10. The van der Waals surface area contributed by atoms with Crippen LogP contribution in [0.4, 0.5) is 0 Å². The molecule has 0 saturated carbocycles. The summed E-state index contributed by atoms with van der Waals surface area (Å²) >= 11 is 11.0. The van der Waals surface area contributed by atoms with Crippen molar-refractivity contribution in [2.45, 2.75) is 16.3 Å². The topological polar surface area (TPSA) is 26.0 Å². The second-order valence-corrected chi connectivity index (χ2v) is 5.98. The lowest BCUT2D eigenvalue weighted by molar-refractivity contribution is 1.02. The fourth-order valence-electron chi connectivity index (χ4n) is 1.42. The Bertz CT molecular complexity index is 513. The molecule has 2 rings (SSSR count). The summed E-state index contributed by atoms with van der Waals surface area (Å²) in [6, 6.07) is 13.9. The highest BCUT2D eigenvalue weighted by Gasteiger charge is 2.04. The molecular weight excluding hydrogens is 318 g/mol. The fourth-order valence-corrected chi connectivity index (χ4v) is 3.05. The molecule has 1 nitrogen and oxygen atoms in total. The minimum absolute atomic E-state index is 0.545. The Morgan fingerprint density at radius 3 is 2.47 bits per heavy atom. The van der Waals surface area contributed by atoms with E-state index in [1.54, 1.807) is 11.8 Å². The summed E-state index contributed by atoms with van der Waals surface area (Å²) in [6.07, 6.45) is 0. The lowest BCUT2D eigenvalue weighted by Crippen LogP contribution is -1.97. The van der Waals surface area contributed by atoms with Crippen molar-refractivity contribution in [2.75, 3.05) is 0 Å². The lowest BCUT2D eigenvalue weighted by atomic mass is 10.2. The van der Waals surface area contributed by atoms with E-state index in [-0.39, 0.29) is 0 Å². The molecule has 0 radical (unpaired) electrons. The van der Waals surface area contributed by atoms with Gasteiger partial charge in [-0.3, -0.25) is 0 Å². The maximum Gasteiger partial charge on any atom is 0.0406 e. The second kappa shape index (κ2) is 5.91. The molecule has 0 fully saturated rings. The van der Waals surface area contributed by atoms with Gasteiger partial charge in [-0.2, -0.15) is 0 Å². The van der Waals surface area contributed by atoms with Crippen molar-refractivity contribution in [3.63, 3.8) is 0 Å². The average Bonchev–Trinajstić information content (AvgIpc) is 2.32. The monoisotopic (exact) mass is 327 g/mol. The van der Waals surface area contributed by atoms with Gasteiger partial charge in [0.05, 0.1) is 0 Å². The van der Waals surface area contributed by atoms with Crippen molar-refractivity contribution in [3.05, 3.63) is 57.5 Å². The second-order valence-electron chi connectivity index (χ2n) is 3.51. The molecule has 0 aromatic heterocycles. The van der Waals surface area contributed by atoms with E-state index in [0.717, 1.165) is 20.0 Å². The standard InChI is InChI=1S/C13H11BrClNS/c14-10-2-1-9(8-16)13(7-10)17-12-5-3-11(15)4-6-12/h1-7H,8,16H2. The molecule has 4 heteroatoms. The summed E-state index contributed by atoms with van der Waals surface area (Å²) < 4.78 is 1.06. The summed E-state index contributed by atoms with van der Waals surface area (Å²) in [5.74, 6) is 0. The largest absolute Gasteiger partial charge is 0.326 e. The fraction of sp³-hybridized carbons (Fsp3) is 0.0769. The molecule has 0 heterocycles. The molecule has 0 amide bonds. The minimum atomic E-state index is 0.545. The van der Waals surface area contributed by atoms with Crippen LogP contribution in [0.5, 0.6) is 0 Å². The summed E-state index contributed by atoms with van der Waals surface area (Å²) in [7, 11) is 0. The van der Waals surface area contributed by atoms with E-state index >= 15 is 0 Å². The Balaban J connectivity index is 2.28. The van der Waals surface area contributed by atoms with E-state index in [9.17, 15) is 0 Å². The van der Waals surface area contributed by atoms with E-state index in [2.05, 4.69) is 22.0 Å². The molecule has 2 aromatic rings. The summed E-state index contributed by atoms with van der Waals surface area (Å²) in [5.41, 5.74) is 6.88. The minimum Gasteiger partial charge on any atom is -0.326 e. The first-order chi connectivity index (χ1) is 8.19. The Morgan fingerprint density at radius 1 is 1.12 bits per heavy atom. The smallest absolute Gasteiger partial charge is 0.0406 e. The number of benzene rings is 2. The molecule has 0 spiro atoms. The SMILES string of the molecule is NCc1ccc(Br)cc1Sc1ccc(Cl)cc1. The van der Waals surface area contributed by atoms with Crippen LogP contribution in [0.3, 0.4) is 0 Å². The molecule has 0 aliphatic rings. The van der Waals surface area contributed by atoms with Crippen LogP contribution < -0.4 is 5.73 Å². The van der Waals surface area contributed by atoms with Gasteiger partial charge >= 0.3 is 0 Å². The van der Waals surface area contributed by atoms with Crippen molar-refractivity contribution in [1.82, 2.24) is 0 Å². The lowest BCUT2D eigenvalue weighted by Gasteiger charge is -2.08. The van der Waals surface area contributed by atoms with Crippen molar-refractivity contribution in [1.29, 1.82) is 0 Å². The highest BCUT2D eigenvalue weighted by Crippen LogP contribution is 2.32. The molecular formula is C13H11BrClNS. The van der Waals surface area contributed by atoms with E-state index in [4.69, 9.17) is 17.3 Å². The predicted molar refractivity (Wildman–Crippen MR) is 77.6 cm³/mol. The maximum atomic E-state index is 5.86. The molecule has 0 aliphatic heterocycles. The number of halogens is 2. The van der Waals surface area contributed by atoms with Crippen LogP contribution in [-0.2, 0) is 6.54 Å². The van der Waals surface area contributed by atoms with Gasteiger partial charge in [0.25, 0.3) is 0 Å². The van der Waals surface area contributed by atoms with Crippen LogP contribution in [0.2, 0.25) is 5.02 Å². The van der Waals surface area contributed by atoms with Crippen molar-refractivity contribution in [3.8, 4) is 0 Å². The first-order valence-corrected chi connectivity index (χ1v) is 7.09. The number of hydrogen-bond acceptors (Lipinski definition) is 2. The van der Waals surface area contributed by atoms with E-state index in [1.807, 2.05) is 36.4 Å².